The lowest BCUT2D eigenvalue weighted by atomic mass is 9.74. The number of amides is 1. The number of hydrogen-bond acceptors (Lipinski definition) is 4. The Labute approximate surface area is 205 Å². The Kier molecular flexibility index (Phi) is 6.46. The van der Waals surface area contributed by atoms with E-state index in [-0.39, 0.29) is 30.1 Å². The smallest absolute Gasteiger partial charge is 0.416 e. The van der Waals surface area contributed by atoms with Crippen LogP contribution in [0, 0.1) is 11.7 Å². The summed E-state index contributed by atoms with van der Waals surface area (Å²) in [5.41, 5.74) is 1.98. The molecule has 6 nitrogen and oxygen atoms in total. The first kappa shape index (κ1) is 24.3. The molecule has 1 amide bonds. The Morgan fingerprint density at radius 3 is 2.64 bits per heavy atom. The summed E-state index contributed by atoms with van der Waals surface area (Å²) in [6, 6.07) is 12.9. The van der Waals surface area contributed by atoms with Gasteiger partial charge in [0.2, 0.25) is 0 Å². The van der Waals surface area contributed by atoms with Crippen molar-refractivity contribution in [3.8, 4) is 11.3 Å². The molecule has 0 radical (unpaired) electrons. The molecule has 190 valence electrons. The van der Waals surface area contributed by atoms with Gasteiger partial charge in [-0.15, -0.1) is 0 Å². The summed E-state index contributed by atoms with van der Waals surface area (Å²) in [4.78, 5) is 14.5. The lowest BCUT2D eigenvalue weighted by Crippen LogP contribution is -2.54. The van der Waals surface area contributed by atoms with Gasteiger partial charge in [-0.25, -0.2) is 9.18 Å². The maximum absolute atomic E-state index is 13.3. The first-order valence-corrected chi connectivity index (χ1v) is 11.8. The number of nitrogens with one attached hydrogen (secondary N) is 1. The summed E-state index contributed by atoms with van der Waals surface area (Å²) in [6.45, 7) is 1.86. The highest BCUT2D eigenvalue weighted by Gasteiger charge is 2.42. The molecule has 0 saturated carbocycles. The molecule has 0 spiro atoms. The average Bonchev–Trinajstić information content (AvgIpc) is 3.24. The van der Waals surface area contributed by atoms with Crippen LogP contribution in [-0.2, 0) is 18.0 Å². The van der Waals surface area contributed by atoms with Crippen LogP contribution < -0.4 is 5.32 Å². The lowest BCUT2D eigenvalue weighted by Gasteiger charge is -2.49. The van der Waals surface area contributed by atoms with Crippen molar-refractivity contribution in [2.24, 2.45) is 13.0 Å². The minimum atomic E-state index is -4.49. The average molecular weight is 503 g/mol. The Balaban J connectivity index is 1.19. The van der Waals surface area contributed by atoms with E-state index in [9.17, 15) is 22.4 Å². The molecule has 1 aromatic heterocycles. The lowest BCUT2D eigenvalue weighted by molar-refractivity contribution is -0.137. The van der Waals surface area contributed by atoms with Crippen molar-refractivity contribution >= 4 is 11.8 Å². The van der Waals surface area contributed by atoms with Gasteiger partial charge >= 0.3 is 12.3 Å². The number of anilines is 1. The van der Waals surface area contributed by atoms with Crippen LogP contribution in [-0.4, -0.2) is 46.5 Å². The van der Waals surface area contributed by atoms with Gasteiger partial charge in [0.25, 0.3) is 0 Å². The van der Waals surface area contributed by atoms with E-state index in [1.54, 1.807) is 12.1 Å². The monoisotopic (exact) mass is 502 g/mol. The number of rotatable bonds is 5. The third-order valence-corrected chi connectivity index (χ3v) is 7.16. The Morgan fingerprint density at radius 1 is 1.17 bits per heavy atom. The normalized spacial score (nSPS) is 23.5. The molecular formula is C26H26F4N4O2. The number of ether oxygens (including phenoxy) is 1. The molecule has 2 aromatic carbocycles. The van der Waals surface area contributed by atoms with Gasteiger partial charge in [-0.1, -0.05) is 6.07 Å². The molecule has 1 N–H and O–H groups in total. The van der Waals surface area contributed by atoms with Crippen LogP contribution in [0.25, 0.3) is 11.3 Å². The quantitative estimate of drug-likeness (QED) is 0.457. The summed E-state index contributed by atoms with van der Waals surface area (Å²) in [7, 11) is 1.92. The molecule has 4 atom stereocenters. The minimum Gasteiger partial charge on any atom is -0.448 e. The number of alkyl halides is 3. The topological polar surface area (TPSA) is 59.4 Å². The van der Waals surface area contributed by atoms with Gasteiger partial charge in [-0.05, 0) is 73.8 Å². The zero-order chi connectivity index (χ0) is 25.4. The van der Waals surface area contributed by atoms with Crippen molar-refractivity contribution in [2.75, 3.05) is 25.0 Å². The first-order valence-electron chi connectivity index (χ1n) is 11.8. The number of carbonyl (C=O) groups is 1. The highest BCUT2D eigenvalue weighted by Crippen LogP contribution is 2.42. The van der Waals surface area contributed by atoms with Crippen LogP contribution in [0.3, 0.4) is 0 Å². The first-order chi connectivity index (χ1) is 17.2. The van der Waals surface area contributed by atoms with E-state index in [4.69, 9.17) is 4.74 Å². The van der Waals surface area contributed by atoms with E-state index in [0.29, 0.717) is 5.92 Å². The van der Waals surface area contributed by atoms with Crippen LogP contribution in [0.4, 0.5) is 28.0 Å². The fourth-order valence-electron chi connectivity index (χ4n) is 5.34. The summed E-state index contributed by atoms with van der Waals surface area (Å²) in [5.74, 6) is 0.385. The molecule has 3 saturated heterocycles. The van der Waals surface area contributed by atoms with Crippen LogP contribution >= 0.6 is 0 Å². The third-order valence-electron chi connectivity index (χ3n) is 7.16. The second-order valence-electron chi connectivity index (χ2n) is 9.43. The number of halogens is 4. The summed E-state index contributed by atoms with van der Waals surface area (Å²) in [5, 5.41) is 7.02. The zero-order valence-corrected chi connectivity index (χ0v) is 19.6. The van der Waals surface area contributed by atoms with Gasteiger partial charge in [0.1, 0.15) is 12.4 Å². The second kappa shape index (κ2) is 9.57. The number of aryl methyl sites for hydroxylation is 1. The van der Waals surface area contributed by atoms with Crippen molar-refractivity contribution < 1.29 is 27.1 Å². The fourth-order valence-corrected chi connectivity index (χ4v) is 5.34. The predicted octanol–water partition coefficient (Wildman–Crippen LogP) is 5.67. The van der Waals surface area contributed by atoms with Crippen molar-refractivity contribution in [3.63, 3.8) is 0 Å². The fraction of sp³-hybridized carbons (Fsp3) is 0.385. The number of nitrogens with zero attached hydrogens (tertiary/aromatic N) is 3. The van der Waals surface area contributed by atoms with Crippen molar-refractivity contribution in [1.29, 1.82) is 0 Å². The molecule has 4 heterocycles. The molecule has 2 bridgehead atoms. The maximum Gasteiger partial charge on any atom is 0.416 e. The van der Waals surface area contributed by atoms with Crippen LogP contribution in [0.2, 0.25) is 0 Å². The van der Waals surface area contributed by atoms with Crippen molar-refractivity contribution in [2.45, 2.75) is 31.0 Å². The molecule has 6 rings (SSSR count). The molecule has 3 aromatic rings. The maximum atomic E-state index is 13.3. The molecule has 0 aliphatic carbocycles. The highest BCUT2D eigenvalue weighted by molar-refractivity contribution is 5.84. The Bertz CT molecular complexity index is 1240. The van der Waals surface area contributed by atoms with Gasteiger partial charge in [0, 0.05) is 42.5 Å². The van der Waals surface area contributed by atoms with E-state index < -0.39 is 17.8 Å². The summed E-state index contributed by atoms with van der Waals surface area (Å²) >= 11 is 0. The van der Waals surface area contributed by atoms with E-state index in [1.807, 2.05) is 11.7 Å². The van der Waals surface area contributed by atoms with Gasteiger partial charge in [0.15, 0.2) is 0 Å². The number of fused-ring (bicyclic) bond motifs is 3. The van der Waals surface area contributed by atoms with Crippen LogP contribution in [0.1, 0.15) is 30.0 Å². The summed E-state index contributed by atoms with van der Waals surface area (Å²) in [6.07, 6.45) is -3.39. The molecule has 10 heteroatoms. The SMILES string of the molecule is Cn1nc(-c2ccc(F)cc2)cc1[C@H]1CN2CC[C@H]1C[C@@H]2COC(=O)Nc1cccc(C(F)(F)F)c1. The molecule has 3 aliphatic rings. The second-order valence-corrected chi connectivity index (χ2v) is 9.43. The predicted molar refractivity (Wildman–Crippen MR) is 126 cm³/mol. The van der Waals surface area contributed by atoms with Gasteiger partial charge in [-0.3, -0.25) is 14.9 Å². The number of hydrogen-bond donors (Lipinski definition) is 1. The van der Waals surface area contributed by atoms with Crippen LogP contribution in [0.5, 0.6) is 0 Å². The minimum absolute atomic E-state index is 0.0357. The number of benzene rings is 2. The standard InChI is InChI=1S/C26H26F4N4O2/c1-33-24(13-23(32-33)16-5-7-19(27)8-6-16)22-14-34-10-9-17(22)11-21(34)15-36-25(35)31-20-4-2-3-18(12-20)26(28,29)30/h2-8,12-13,17,21-22H,9-11,14-15H2,1H3,(H,31,35)/t17-,21+,22-/m0/s1. The van der Waals surface area contributed by atoms with E-state index in [0.717, 1.165) is 55.0 Å². The molecular weight excluding hydrogens is 476 g/mol. The zero-order valence-electron chi connectivity index (χ0n) is 19.6. The Hall–Kier alpha value is -3.40. The van der Waals surface area contributed by atoms with E-state index in [2.05, 4.69) is 21.4 Å². The Morgan fingerprint density at radius 2 is 1.94 bits per heavy atom. The van der Waals surface area contributed by atoms with Gasteiger partial charge in [-0.2, -0.15) is 18.3 Å². The van der Waals surface area contributed by atoms with Crippen molar-refractivity contribution in [3.05, 3.63) is 71.7 Å². The number of piperidine rings is 3. The largest absolute Gasteiger partial charge is 0.448 e. The molecule has 36 heavy (non-hydrogen) atoms. The highest BCUT2D eigenvalue weighted by atomic mass is 19.4. The molecule has 3 fully saturated rings. The molecule has 3 aliphatic heterocycles. The summed E-state index contributed by atoms with van der Waals surface area (Å²) < 4.78 is 59.2. The van der Waals surface area contributed by atoms with Gasteiger partial charge < -0.3 is 4.74 Å². The van der Waals surface area contributed by atoms with E-state index in [1.165, 1.54) is 24.3 Å². The number of aromatic nitrogens is 2. The van der Waals surface area contributed by atoms with Crippen LogP contribution in [0.15, 0.2) is 54.6 Å². The van der Waals surface area contributed by atoms with E-state index >= 15 is 0 Å². The van der Waals surface area contributed by atoms with Crippen molar-refractivity contribution in [1.82, 2.24) is 14.7 Å². The number of carbonyl (C=O) groups excluding carboxylic acids is 1. The van der Waals surface area contributed by atoms with Gasteiger partial charge in [0.05, 0.1) is 11.3 Å². The molecule has 1 unspecified atom stereocenters. The third kappa shape index (κ3) is 5.09.